The average molecular weight is 296 g/mol. The Bertz CT molecular complexity index is 574. The molecule has 2 aromatic rings. The van der Waals surface area contributed by atoms with Gasteiger partial charge in [-0.05, 0) is 37.6 Å². The first kappa shape index (κ1) is 12.2. The number of carbonyl (C=O) groups is 1. The Morgan fingerprint density at radius 1 is 1.47 bits per heavy atom. The van der Waals surface area contributed by atoms with E-state index in [2.05, 4.69) is 22.0 Å². The fourth-order valence-electron chi connectivity index (χ4n) is 2.00. The zero-order valence-corrected chi connectivity index (χ0v) is 11.6. The molecule has 2 rings (SSSR count). The van der Waals surface area contributed by atoms with Crippen LogP contribution >= 0.6 is 15.9 Å². The van der Waals surface area contributed by atoms with E-state index < -0.39 is 0 Å². The van der Waals surface area contributed by atoms with E-state index in [4.69, 9.17) is 4.74 Å². The normalized spacial score (nSPS) is 12.7. The second-order valence-corrected chi connectivity index (χ2v) is 5.00. The highest BCUT2D eigenvalue weighted by Crippen LogP contribution is 2.27. The third-order valence-corrected chi connectivity index (χ3v) is 3.45. The lowest BCUT2D eigenvalue weighted by atomic mass is 10.2. The molecule has 0 saturated carbocycles. The molecule has 1 aromatic carbocycles. The topological polar surface area (TPSA) is 31.2 Å². The van der Waals surface area contributed by atoms with Gasteiger partial charge in [0.1, 0.15) is 6.04 Å². The van der Waals surface area contributed by atoms with Crippen molar-refractivity contribution in [2.24, 2.45) is 0 Å². The van der Waals surface area contributed by atoms with Gasteiger partial charge in [-0.1, -0.05) is 15.9 Å². The summed E-state index contributed by atoms with van der Waals surface area (Å²) < 4.78 is 7.77. The number of methoxy groups -OCH3 is 1. The highest BCUT2D eigenvalue weighted by molar-refractivity contribution is 9.10. The predicted octanol–water partition coefficient (Wildman–Crippen LogP) is 3.45. The van der Waals surface area contributed by atoms with E-state index in [1.54, 1.807) is 0 Å². The summed E-state index contributed by atoms with van der Waals surface area (Å²) in [5.41, 5.74) is 2.20. The summed E-state index contributed by atoms with van der Waals surface area (Å²) in [5.74, 6) is -0.232. The van der Waals surface area contributed by atoms with Crippen LogP contribution in [-0.2, 0) is 9.53 Å². The first-order valence-electron chi connectivity index (χ1n) is 5.39. The number of hydrogen-bond donors (Lipinski definition) is 0. The van der Waals surface area contributed by atoms with Crippen molar-refractivity contribution in [2.75, 3.05) is 7.11 Å². The molecule has 90 valence electrons. The number of benzene rings is 1. The number of esters is 1. The maximum Gasteiger partial charge on any atom is 0.328 e. The molecule has 4 heteroatoms. The Hall–Kier alpha value is -1.29. The van der Waals surface area contributed by atoms with Gasteiger partial charge in [0.15, 0.2) is 0 Å². The maximum atomic E-state index is 11.6. The van der Waals surface area contributed by atoms with Gasteiger partial charge in [0.05, 0.1) is 7.11 Å². The quantitative estimate of drug-likeness (QED) is 0.795. The second-order valence-electron chi connectivity index (χ2n) is 4.08. The van der Waals surface area contributed by atoms with E-state index in [1.807, 2.05) is 36.7 Å². The number of aryl methyl sites for hydroxylation is 1. The van der Waals surface area contributed by atoms with Crippen molar-refractivity contribution in [3.05, 3.63) is 34.4 Å². The number of ether oxygens (including phenoxy) is 1. The Kier molecular flexibility index (Phi) is 3.24. The van der Waals surface area contributed by atoms with Gasteiger partial charge in [0, 0.05) is 21.6 Å². The van der Waals surface area contributed by atoms with Gasteiger partial charge in [0.25, 0.3) is 0 Å². The molecule has 0 saturated heterocycles. The Morgan fingerprint density at radius 2 is 2.18 bits per heavy atom. The number of aromatic nitrogens is 1. The molecule has 0 aliphatic carbocycles. The summed E-state index contributed by atoms with van der Waals surface area (Å²) in [6.45, 7) is 3.88. The molecule has 1 heterocycles. The fourth-order valence-corrected chi connectivity index (χ4v) is 2.36. The highest BCUT2D eigenvalue weighted by Gasteiger charge is 2.18. The lowest BCUT2D eigenvalue weighted by molar-refractivity contribution is -0.143. The maximum absolute atomic E-state index is 11.6. The van der Waals surface area contributed by atoms with E-state index in [0.29, 0.717) is 0 Å². The Labute approximate surface area is 108 Å². The largest absolute Gasteiger partial charge is 0.467 e. The van der Waals surface area contributed by atoms with Crippen molar-refractivity contribution in [1.29, 1.82) is 0 Å². The number of fused-ring (bicyclic) bond motifs is 1. The van der Waals surface area contributed by atoms with Crippen molar-refractivity contribution in [1.82, 2.24) is 4.57 Å². The lowest BCUT2D eigenvalue weighted by Gasteiger charge is -2.12. The van der Waals surface area contributed by atoms with E-state index in [0.717, 1.165) is 20.9 Å². The van der Waals surface area contributed by atoms with Gasteiger partial charge in [0.2, 0.25) is 0 Å². The van der Waals surface area contributed by atoms with Gasteiger partial charge in [-0.2, -0.15) is 0 Å². The molecule has 17 heavy (non-hydrogen) atoms. The van der Waals surface area contributed by atoms with Crippen LogP contribution in [0.5, 0.6) is 0 Å². The zero-order chi connectivity index (χ0) is 12.6. The molecule has 3 nitrogen and oxygen atoms in total. The standard InChI is InChI=1S/C13H14BrNO2/c1-8-7-15(9(2)13(16)17-3)12-5-4-10(14)6-11(8)12/h4-7,9H,1-3H3. The first-order chi connectivity index (χ1) is 8.04. The Balaban J connectivity index is 2.59. The molecule has 0 amide bonds. The smallest absolute Gasteiger partial charge is 0.328 e. The van der Waals surface area contributed by atoms with Crippen molar-refractivity contribution < 1.29 is 9.53 Å². The molecule has 0 fully saturated rings. The minimum Gasteiger partial charge on any atom is -0.467 e. The molecule has 0 radical (unpaired) electrons. The number of rotatable bonds is 2. The van der Waals surface area contributed by atoms with E-state index >= 15 is 0 Å². The summed E-state index contributed by atoms with van der Waals surface area (Å²) in [6, 6.07) is 5.73. The first-order valence-corrected chi connectivity index (χ1v) is 6.18. The number of carbonyl (C=O) groups excluding carboxylic acids is 1. The zero-order valence-electron chi connectivity index (χ0n) is 10.0. The molecular weight excluding hydrogens is 282 g/mol. The van der Waals surface area contributed by atoms with Crippen LogP contribution in [0.25, 0.3) is 10.9 Å². The molecule has 0 spiro atoms. The molecule has 0 aliphatic heterocycles. The molecule has 0 N–H and O–H groups in total. The third-order valence-electron chi connectivity index (χ3n) is 2.95. The van der Waals surface area contributed by atoms with Crippen LogP contribution in [0.1, 0.15) is 18.5 Å². The molecule has 1 unspecified atom stereocenters. The number of halogens is 1. The lowest BCUT2D eigenvalue weighted by Crippen LogP contribution is -2.16. The van der Waals surface area contributed by atoms with Gasteiger partial charge in [-0.15, -0.1) is 0 Å². The summed E-state index contributed by atoms with van der Waals surface area (Å²) in [4.78, 5) is 11.6. The van der Waals surface area contributed by atoms with Gasteiger partial charge >= 0.3 is 5.97 Å². The average Bonchev–Trinajstić information content (AvgIpc) is 2.64. The molecule has 1 aromatic heterocycles. The molecule has 0 bridgehead atoms. The van der Waals surface area contributed by atoms with Crippen LogP contribution in [0.15, 0.2) is 28.9 Å². The molecular formula is C13H14BrNO2. The van der Waals surface area contributed by atoms with Crippen LogP contribution in [0.2, 0.25) is 0 Å². The van der Waals surface area contributed by atoms with Gasteiger partial charge in [-0.25, -0.2) is 4.79 Å². The van der Waals surface area contributed by atoms with E-state index in [9.17, 15) is 4.79 Å². The SMILES string of the molecule is COC(=O)C(C)n1cc(C)c2cc(Br)ccc21. The fraction of sp³-hybridized carbons (Fsp3) is 0.308. The summed E-state index contributed by atoms with van der Waals surface area (Å²) in [5, 5.41) is 1.15. The number of nitrogens with zero attached hydrogens (tertiary/aromatic N) is 1. The van der Waals surface area contributed by atoms with Crippen LogP contribution in [0.4, 0.5) is 0 Å². The van der Waals surface area contributed by atoms with E-state index in [1.165, 1.54) is 7.11 Å². The Morgan fingerprint density at radius 3 is 2.82 bits per heavy atom. The molecule has 1 atom stereocenters. The van der Waals surface area contributed by atoms with Gasteiger partial charge < -0.3 is 9.30 Å². The summed E-state index contributed by atoms with van der Waals surface area (Å²) >= 11 is 3.45. The number of hydrogen-bond acceptors (Lipinski definition) is 2. The second kappa shape index (κ2) is 4.53. The predicted molar refractivity (Wildman–Crippen MR) is 71.1 cm³/mol. The molecule has 0 aliphatic rings. The van der Waals surface area contributed by atoms with Crippen molar-refractivity contribution in [2.45, 2.75) is 19.9 Å². The van der Waals surface area contributed by atoms with Crippen LogP contribution in [-0.4, -0.2) is 17.6 Å². The minimum atomic E-state index is -0.308. The highest BCUT2D eigenvalue weighted by atomic mass is 79.9. The third kappa shape index (κ3) is 2.09. The monoisotopic (exact) mass is 295 g/mol. The van der Waals surface area contributed by atoms with Gasteiger partial charge in [-0.3, -0.25) is 0 Å². The summed E-state index contributed by atoms with van der Waals surface area (Å²) in [7, 11) is 1.41. The summed E-state index contributed by atoms with van der Waals surface area (Å²) in [6.07, 6.45) is 1.98. The van der Waals surface area contributed by atoms with E-state index in [-0.39, 0.29) is 12.0 Å². The van der Waals surface area contributed by atoms with Crippen LogP contribution < -0.4 is 0 Å². The minimum absolute atomic E-state index is 0.232. The van der Waals surface area contributed by atoms with Crippen LogP contribution in [0, 0.1) is 6.92 Å². The van der Waals surface area contributed by atoms with Crippen molar-refractivity contribution in [3.8, 4) is 0 Å². The van der Waals surface area contributed by atoms with Crippen LogP contribution in [0.3, 0.4) is 0 Å². The van der Waals surface area contributed by atoms with Crippen molar-refractivity contribution >= 4 is 32.8 Å². The van der Waals surface area contributed by atoms with Crippen molar-refractivity contribution in [3.63, 3.8) is 0 Å².